The second kappa shape index (κ2) is 12.2. The van der Waals surface area contributed by atoms with Crippen LogP contribution in [0.15, 0.2) is 48.8 Å². The minimum absolute atomic E-state index is 0.182. The van der Waals surface area contributed by atoms with E-state index in [-0.39, 0.29) is 5.75 Å². The van der Waals surface area contributed by atoms with E-state index in [1.807, 2.05) is 16.2 Å². The summed E-state index contributed by atoms with van der Waals surface area (Å²) in [5, 5.41) is 5.34. The van der Waals surface area contributed by atoms with Gasteiger partial charge < -0.3 is 4.74 Å². The molecule has 2 heterocycles. The lowest BCUT2D eigenvalue weighted by atomic mass is 10.1. The lowest BCUT2D eigenvalue weighted by molar-refractivity contribution is 0.437. The number of fused-ring (bicyclic) bond motifs is 1. The average molecular weight is 747 g/mol. The number of hydrogen-bond acceptors (Lipinski definition) is 5. The predicted molar refractivity (Wildman–Crippen MR) is 159 cm³/mol. The van der Waals surface area contributed by atoms with Gasteiger partial charge in [0.2, 0.25) is 0 Å². The molecule has 2 aromatic carbocycles. The first kappa shape index (κ1) is 25.9. The van der Waals surface area contributed by atoms with E-state index in [4.69, 9.17) is 4.74 Å². The van der Waals surface area contributed by atoms with Gasteiger partial charge in [-0.1, -0.05) is 0 Å². The number of nitrogens with zero attached hydrogens (tertiary/aromatic N) is 3. The van der Waals surface area contributed by atoms with Crippen LogP contribution in [0.1, 0.15) is 5.56 Å². The SMILES string of the molecule is Fc1ccc(Oc2c(F)cc3c(ccn3SI)c2CCSCCS)cc1-c1ccn(PI)n1. The van der Waals surface area contributed by atoms with Crippen LogP contribution in [0.25, 0.3) is 22.2 Å². The van der Waals surface area contributed by atoms with Crippen molar-refractivity contribution in [3.63, 3.8) is 0 Å². The first-order chi connectivity index (χ1) is 16.0. The quantitative estimate of drug-likeness (QED) is 0.0765. The Bertz CT molecular complexity index is 1270. The van der Waals surface area contributed by atoms with Crippen molar-refractivity contribution in [2.24, 2.45) is 0 Å². The third kappa shape index (κ3) is 5.96. The van der Waals surface area contributed by atoms with E-state index in [1.165, 1.54) is 27.3 Å². The van der Waals surface area contributed by atoms with Gasteiger partial charge in [-0.2, -0.15) is 29.5 Å². The molecule has 0 N–H and O–H groups in total. The number of hydrogen-bond donors (Lipinski definition) is 1. The molecular formula is C21H18F2I2N3OPS3. The number of ether oxygens (including phenoxy) is 1. The van der Waals surface area contributed by atoms with Gasteiger partial charge in [0.15, 0.2) is 11.6 Å². The van der Waals surface area contributed by atoms with E-state index < -0.39 is 11.6 Å². The van der Waals surface area contributed by atoms with Crippen molar-refractivity contribution in [1.82, 2.24) is 13.5 Å². The van der Waals surface area contributed by atoms with E-state index in [0.717, 1.165) is 33.7 Å². The molecule has 1 atom stereocenters. The Balaban J connectivity index is 1.73. The van der Waals surface area contributed by atoms with E-state index in [9.17, 15) is 4.39 Å². The first-order valence-electron chi connectivity index (χ1n) is 9.76. The molecule has 0 aliphatic rings. The highest BCUT2D eigenvalue weighted by Crippen LogP contribution is 2.39. The van der Waals surface area contributed by atoms with Gasteiger partial charge in [-0.3, -0.25) is 3.97 Å². The highest BCUT2D eigenvalue weighted by atomic mass is 127. The molecule has 0 saturated carbocycles. The van der Waals surface area contributed by atoms with Crippen molar-refractivity contribution >= 4 is 94.0 Å². The summed E-state index contributed by atoms with van der Waals surface area (Å²) < 4.78 is 39.6. The van der Waals surface area contributed by atoms with Crippen LogP contribution >= 0.6 is 83.1 Å². The lowest BCUT2D eigenvalue weighted by Gasteiger charge is -2.15. The summed E-state index contributed by atoms with van der Waals surface area (Å²) in [7, 11) is 1.48. The third-order valence-electron chi connectivity index (χ3n) is 4.89. The van der Waals surface area contributed by atoms with Crippen LogP contribution in [-0.2, 0) is 6.42 Å². The molecule has 0 aliphatic heterocycles. The number of aryl methyl sites for hydroxylation is 1. The van der Waals surface area contributed by atoms with Gasteiger partial charge in [-0.15, -0.1) is 0 Å². The van der Waals surface area contributed by atoms with E-state index in [2.05, 4.69) is 61.0 Å². The summed E-state index contributed by atoms with van der Waals surface area (Å²) in [5.74, 6) is 2.24. The van der Waals surface area contributed by atoms with Crippen LogP contribution in [0.4, 0.5) is 8.78 Å². The summed E-state index contributed by atoms with van der Waals surface area (Å²) >= 11 is 10.4. The Hall–Kier alpha value is -0.210. The summed E-state index contributed by atoms with van der Waals surface area (Å²) in [6.45, 7) is 0. The van der Waals surface area contributed by atoms with Crippen molar-refractivity contribution in [3.8, 4) is 22.8 Å². The fraction of sp³-hybridized carbons (Fsp3) is 0.190. The fourth-order valence-electron chi connectivity index (χ4n) is 3.43. The summed E-state index contributed by atoms with van der Waals surface area (Å²) in [5.41, 5.74) is 2.44. The minimum Gasteiger partial charge on any atom is -0.454 e. The highest BCUT2D eigenvalue weighted by Gasteiger charge is 2.19. The Morgan fingerprint density at radius 1 is 1.09 bits per heavy atom. The van der Waals surface area contributed by atoms with Crippen LogP contribution < -0.4 is 4.74 Å². The Labute approximate surface area is 231 Å². The zero-order chi connectivity index (χ0) is 23.4. The molecule has 0 spiro atoms. The van der Waals surface area contributed by atoms with Gasteiger partial charge in [0.25, 0.3) is 0 Å². The number of thiol groups is 1. The van der Waals surface area contributed by atoms with Gasteiger partial charge in [-0.05, 0) is 70.3 Å². The van der Waals surface area contributed by atoms with Crippen molar-refractivity contribution < 1.29 is 13.5 Å². The number of rotatable bonds is 10. The first-order valence-corrected chi connectivity index (χ1v) is 18.9. The predicted octanol–water partition coefficient (Wildman–Crippen LogP) is 8.42. The van der Waals surface area contributed by atoms with Gasteiger partial charge in [0.05, 0.1) is 17.6 Å². The monoisotopic (exact) mass is 747 g/mol. The zero-order valence-corrected chi connectivity index (χ0v) is 24.8. The molecule has 33 heavy (non-hydrogen) atoms. The largest absolute Gasteiger partial charge is 0.454 e. The van der Waals surface area contributed by atoms with Crippen LogP contribution in [-0.4, -0.2) is 30.8 Å². The lowest BCUT2D eigenvalue weighted by Crippen LogP contribution is -2.00. The molecule has 4 nitrogen and oxygen atoms in total. The van der Waals surface area contributed by atoms with Crippen molar-refractivity contribution in [2.75, 3.05) is 17.3 Å². The second-order valence-corrected chi connectivity index (χ2v) is 12.3. The van der Waals surface area contributed by atoms with E-state index in [1.54, 1.807) is 34.5 Å². The zero-order valence-electron chi connectivity index (χ0n) is 17.0. The highest BCUT2D eigenvalue weighted by molar-refractivity contribution is 14.2. The van der Waals surface area contributed by atoms with Crippen molar-refractivity contribution in [2.45, 2.75) is 6.42 Å². The normalized spacial score (nSPS) is 11.8. The van der Waals surface area contributed by atoms with Crippen LogP contribution in [0.5, 0.6) is 11.5 Å². The van der Waals surface area contributed by atoms with Gasteiger partial charge in [0, 0.05) is 71.1 Å². The third-order valence-corrected chi connectivity index (χ3v) is 10.0. The standard InChI is InChI=1S/C21H18F2I2N3OPS3/c22-17-2-1-13(11-16(17)19-4-7-28(26-19)30-24)29-21-15(5-9-32-10-8-31)14-3-6-27(33-25)20(14)12-18(21)23/h1-4,6-7,11-12,30-31H,5,8-10H2. The molecular weight excluding hydrogens is 729 g/mol. The molecule has 0 bridgehead atoms. The average Bonchev–Trinajstić information content (AvgIpc) is 3.46. The molecule has 174 valence electrons. The molecule has 12 heteroatoms. The van der Waals surface area contributed by atoms with Gasteiger partial charge in [0.1, 0.15) is 11.6 Å². The Kier molecular flexibility index (Phi) is 9.53. The molecule has 4 rings (SSSR count). The number of benzene rings is 2. The van der Waals surface area contributed by atoms with E-state index >= 15 is 4.39 Å². The molecule has 2 aromatic heterocycles. The summed E-state index contributed by atoms with van der Waals surface area (Å²) in [6, 6.07) is 9.67. The summed E-state index contributed by atoms with van der Waals surface area (Å²) in [6.07, 6.45) is 4.79. The number of aromatic nitrogens is 3. The van der Waals surface area contributed by atoms with Crippen LogP contribution in [0.2, 0.25) is 0 Å². The maximum atomic E-state index is 15.3. The number of halogens is 4. The molecule has 0 amide bonds. The maximum absolute atomic E-state index is 15.3. The Morgan fingerprint density at radius 2 is 1.94 bits per heavy atom. The van der Waals surface area contributed by atoms with E-state index in [0.29, 0.717) is 29.8 Å². The topological polar surface area (TPSA) is 32.0 Å². The fourth-order valence-corrected chi connectivity index (χ4v) is 6.95. The van der Waals surface area contributed by atoms with Gasteiger partial charge >= 0.3 is 0 Å². The molecule has 1 unspecified atom stereocenters. The minimum atomic E-state index is -0.441. The Morgan fingerprint density at radius 3 is 2.67 bits per heavy atom. The molecule has 0 saturated heterocycles. The second-order valence-electron chi connectivity index (χ2n) is 6.87. The molecule has 0 aliphatic carbocycles. The summed E-state index contributed by atoms with van der Waals surface area (Å²) in [4.78, 5) is 0. The smallest absolute Gasteiger partial charge is 0.168 e. The molecule has 4 aromatic rings. The van der Waals surface area contributed by atoms with Crippen LogP contribution in [0, 0.1) is 11.6 Å². The number of thioether (sulfide) groups is 1. The van der Waals surface area contributed by atoms with Gasteiger partial charge in [-0.25, -0.2) is 13.2 Å². The molecule has 0 fully saturated rings. The maximum Gasteiger partial charge on any atom is 0.168 e. The van der Waals surface area contributed by atoms with Crippen molar-refractivity contribution in [3.05, 3.63) is 66.0 Å². The molecule has 0 radical (unpaired) electrons. The van der Waals surface area contributed by atoms with Crippen molar-refractivity contribution in [1.29, 1.82) is 0 Å². The van der Waals surface area contributed by atoms with Crippen LogP contribution in [0.3, 0.4) is 0 Å².